The Morgan fingerprint density at radius 3 is 2.09 bits per heavy atom. The van der Waals surface area contributed by atoms with Crippen LogP contribution in [0.2, 0.25) is 0 Å². The average molecular weight is 316 g/mol. The topological polar surface area (TPSA) is 43.4 Å². The minimum absolute atomic E-state index is 0.284. The summed E-state index contributed by atoms with van der Waals surface area (Å²) >= 11 is 0. The Hall–Kier alpha value is -1.94. The fourth-order valence-corrected chi connectivity index (χ4v) is 3.26. The average Bonchev–Trinajstić information content (AvgIpc) is 2.55. The molecule has 1 unspecified atom stereocenters. The molecule has 0 aromatic heterocycles. The molecule has 0 heterocycles. The fraction of sp³-hybridized carbons (Fsp3) is 0.278. The third-order valence-electron chi connectivity index (χ3n) is 3.41. The van der Waals surface area contributed by atoms with Gasteiger partial charge >= 0.3 is 5.97 Å². The van der Waals surface area contributed by atoms with Crippen molar-refractivity contribution >= 4 is 16.8 Å². The number of ether oxygens (including phenoxy) is 1. The van der Waals surface area contributed by atoms with Crippen LogP contribution in [0, 0.1) is 0 Å². The van der Waals surface area contributed by atoms with E-state index >= 15 is 0 Å². The molecule has 0 aliphatic heterocycles. The van der Waals surface area contributed by atoms with Gasteiger partial charge in [0.15, 0.2) is 0 Å². The summed E-state index contributed by atoms with van der Waals surface area (Å²) in [5, 5.41) is 0. The second-order valence-corrected chi connectivity index (χ2v) is 7.42. The third kappa shape index (κ3) is 3.45. The molecule has 22 heavy (non-hydrogen) atoms. The molecule has 0 bridgehead atoms. The lowest BCUT2D eigenvalue weighted by atomic mass is 10.1. The summed E-state index contributed by atoms with van der Waals surface area (Å²) in [7, 11) is -1.46. The SMILES string of the molecule is CCOC(=O)C(C)(C)S(=O)c1ccc(-c2ccccc2)cc1. The van der Waals surface area contributed by atoms with E-state index in [1.165, 1.54) is 0 Å². The summed E-state index contributed by atoms with van der Waals surface area (Å²) in [5.74, 6) is -0.444. The van der Waals surface area contributed by atoms with E-state index in [0.29, 0.717) is 4.90 Å². The van der Waals surface area contributed by atoms with Crippen LogP contribution in [-0.2, 0) is 20.3 Å². The van der Waals surface area contributed by atoms with Gasteiger partial charge in [-0.3, -0.25) is 9.00 Å². The number of hydrogen-bond acceptors (Lipinski definition) is 3. The summed E-state index contributed by atoms with van der Waals surface area (Å²) in [6, 6.07) is 17.4. The maximum absolute atomic E-state index is 12.6. The second-order valence-electron chi connectivity index (χ2n) is 5.39. The van der Waals surface area contributed by atoms with E-state index in [-0.39, 0.29) is 6.61 Å². The Kier molecular flexibility index (Phi) is 5.14. The molecule has 3 nitrogen and oxygen atoms in total. The van der Waals surface area contributed by atoms with E-state index in [1.54, 1.807) is 32.9 Å². The van der Waals surface area contributed by atoms with E-state index in [4.69, 9.17) is 4.74 Å². The largest absolute Gasteiger partial charge is 0.465 e. The van der Waals surface area contributed by atoms with Gasteiger partial charge in [-0.15, -0.1) is 0 Å². The molecule has 4 heteroatoms. The van der Waals surface area contributed by atoms with Crippen molar-refractivity contribution in [2.75, 3.05) is 6.61 Å². The van der Waals surface area contributed by atoms with Crippen molar-refractivity contribution in [2.24, 2.45) is 0 Å². The summed E-state index contributed by atoms with van der Waals surface area (Å²) < 4.78 is 16.6. The van der Waals surface area contributed by atoms with Crippen molar-refractivity contribution in [3.8, 4) is 11.1 Å². The lowest BCUT2D eigenvalue weighted by molar-refractivity contribution is -0.145. The van der Waals surface area contributed by atoms with Crippen LogP contribution in [0.1, 0.15) is 20.8 Å². The van der Waals surface area contributed by atoms with Crippen molar-refractivity contribution in [1.29, 1.82) is 0 Å². The van der Waals surface area contributed by atoms with E-state index in [9.17, 15) is 9.00 Å². The lowest BCUT2D eigenvalue weighted by Crippen LogP contribution is -2.38. The van der Waals surface area contributed by atoms with Gasteiger partial charge in [-0.25, -0.2) is 0 Å². The van der Waals surface area contributed by atoms with Gasteiger partial charge in [-0.1, -0.05) is 42.5 Å². The molecule has 0 aliphatic rings. The minimum Gasteiger partial charge on any atom is -0.465 e. The van der Waals surface area contributed by atoms with Crippen molar-refractivity contribution in [3.05, 3.63) is 54.6 Å². The minimum atomic E-state index is -1.46. The Morgan fingerprint density at radius 1 is 1.00 bits per heavy atom. The normalized spacial score (nSPS) is 12.7. The summed E-state index contributed by atoms with van der Waals surface area (Å²) in [6.45, 7) is 5.32. The van der Waals surface area contributed by atoms with Crippen LogP contribution in [-0.4, -0.2) is 21.5 Å². The van der Waals surface area contributed by atoms with Crippen LogP contribution in [0.3, 0.4) is 0 Å². The zero-order valence-corrected chi connectivity index (χ0v) is 13.9. The van der Waals surface area contributed by atoms with Crippen molar-refractivity contribution in [1.82, 2.24) is 0 Å². The smallest absolute Gasteiger partial charge is 0.324 e. The van der Waals surface area contributed by atoms with Crippen LogP contribution in [0.15, 0.2) is 59.5 Å². The summed E-state index contributed by atoms with van der Waals surface area (Å²) in [6.07, 6.45) is 0. The van der Waals surface area contributed by atoms with Crippen molar-refractivity contribution < 1.29 is 13.7 Å². The molecule has 0 spiro atoms. The molecule has 2 aromatic carbocycles. The Balaban J connectivity index is 2.23. The highest BCUT2D eigenvalue weighted by Gasteiger charge is 2.37. The highest BCUT2D eigenvalue weighted by Crippen LogP contribution is 2.25. The van der Waals surface area contributed by atoms with Gasteiger partial charge < -0.3 is 4.74 Å². The molecular weight excluding hydrogens is 296 g/mol. The number of hydrogen-bond donors (Lipinski definition) is 0. The summed E-state index contributed by atoms with van der Waals surface area (Å²) in [4.78, 5) is 12.6. The van der Waals surface area contributed by atoms with Gasteiger partial charge in [0.1, 0.15) is 4.75 Å². The molecule has 0 amide bonds. The molecule has 0 N–H and O–H groups in total. The first-order valence-corrected chi connectivity index (χ1v) is 8.36. The quantitative estimate of drug-likeness (QED) is 0.788. The molecule has 0 radical (unpaired) electrons. The van der Waals surface area contributed by atoms with E-state index in [1.807, 2.05) is 42.5 Å². The first-order chi connectivity index (χ1) is 10.5. The molecule has 0 aliphatic carbocycles. The number of rotatable bonds is 5. The van der Waals surface area contributed by atoms with E-state index < -0.39 is 21.5 Å². The number of carbonyl (C=O) groups excluding carboxylic acids is 1. The molecule has 116 valence electrons. The Bertz CT molecular complexity index is 660. The number of esters is 1. The Morgan fingerprint density at radius 2 is 1.55 bits per heavy atom. The zero-order valence-electron chi connectivity index (χ0n) is 13.0. The molecule has 0 fully saturated rings. The van der Waals surface area contributed by atoms with Gasteiger partial charge in [0.25, 0.3) is 0 Å². The highest BCUT2D eigenvalue weighted by molar-refractivity contribution is 7.87. The monoisotopic (exact) mass is 316 g/mol. The van der Waals surface area contributed by atoms with Gasteiger partial charge in [-0.2, -0.15) is 0 Å². The van der Waals surface area contributed by atoms with Crippen LogP contribution in [0.4, 0.5) is 0 Å². The van der Waals surface area contributed by atoms with Gasteiger partial charge in [0.2, 0.25) is 0 Å². The first-order valence-electron chi connectivity index (χ1n) is 7.21. The molecule has 1 atom stereocenters. The van der Waals surface area contributed by atoms with Gasteiger partial charge in [0.05, 0.1) is 17.4 Å². The Labute approximate surface area is 133 Å². The van der Waals surface area contributed by atoms with Crippen LogP contribution in [0.25, 0.3) is 11.1 Å². The molecule has 2 rings (SSSR count). The molecule has 2 aromatic rings. The predicted octanol–water partition coefficient (Wildman–Crippen LogP) is 3.80. The maximum Gasteiger partial charge on any atom is 0.324 e. The lowest BCUT2D eigenvalue weighted by Gasteiger charge is -2.21. The number of carbonyl (C=O) groups is 1. The molecule has 0 saturated heterocycles. The molecule has 0 saturated carbocycles. The van der Waals surface area contributed by atoms with Crippen LogP contribution < -0.4 is 0 Å². The first kappa shape index (κ1) is 16.4. The predicted molar refractivity (Wildman–Crippen MR) is 89.0 cm³/mol. The standard InChI is InChI=1S/C18H20O3S/c1-4-21-17(19)18(2,3)22(20)16-12-10-15(11-13-16)14-8-6-5-7-9-14/h5-13H,4H2,1-3H3. The maximum atomic E-state index is 12.6. The summed E-state index contributed by atoms with van der Waals surface area (Å²) in [5.41, 5.74) is 2.15. The fourth-order valence-electron chi connectivity index (χ4n) is 2.08. The zero-order chi connectivity index (χ0) is 16.2. The van der Waals surface area contributed by atoms with Crippen LogP contribution >= 0.6 is 0 Å². The second kappa shape index (κ2) is 6.88. The van der Waals surface area contributed by atoms with Gasteiger partial charge in [-0.05, 0) is 44.0 Å². The molecular formula is C18H20O3S. The van der Waals surface area contributed by atoms with E-state index in [2.05, 4.69) is 0 Å². The third-order valence-corrected chi connectivity index (χ3v) is 5.20. The van der Waals surface area contributed by atoms with E-state index in [0.717, 1.165) is 11.1 Å². The number of benzene rings is 2. The highest BCUT2D eigenvalue weighted by atomic mass is 32.2. The van der Waals surface area contributed by atoms with Crippen molar-refractivity contribution in [3.63, 3.8) is 0 Å². The van der Waals surface area contributed by atoms with Crippen molar-refractivity contribution in [2.45, 2.75) is 30.4 Å². The van der Waals surface area contributed by atoms with Crippen LogP contribution in [0.5, 0.6) is 0 Å². The van der Waals surface area contributed by atoms with Gasteiger partial charge in [0, 0.05) is 4.90 Å².